The maximum absolute atomic E-state index is 12.8. The summed E-state index contributed by atoms with van der Waals surface area (Å²) in [5, 5.41) is 14.3. The molecule has 0 spiro atoms. The van der Waals surface area contributed by atoms with Gasteiger partial charge in [-0.2, -0.15) is 9.97 Å². The molecule has 0 aliphatic heterocycles. The van der Waals surface area contributed by atoms with Crippen LogP contribution in [0.2, 0.25) is 10.0 Å². The van der Waals surface area contributed by atoms with E-state index < -0.39 is 9.84 Å². The van der Waals surface area contributed by atoms with Gasteiger partial charge >= 0.3 is 0 Å². The Kier molecular flexibility index (Phi) is 10.2. The van der Waals surface area contributed by atoms with Crippen LogP contribution in [0.25, 0.3) is 44.3 Å². The average molecular weight is 709 g/mol. The predicted molar refractivity (Wildman–Crippen MR) is 188 cm³/mol. The number of benzene rings is 2. The molecule has 0 radical (unpaired) electrons. The first-order valence-corrected chi connectivity index (χ1v) is 17.3. The van der Waals surface area contributed by atoms with Crippen LogP contribution in [-0.4, -0.2) is 61.5 Å². The molecule has 12 nitrogen and oxygen atoms in total. The second kappa shape index (κ2) is 14.2. The zero-order chi connectivity index (χ0) is 34.7. The third-order valence-corrected chi connectivity index (χ3v) is 9.10. The summed E-state index contributed by atoms with van der Waals surface area (Å²) in [5.41, 5.74) is 2.47. The summed E-state index contributed by atoms with van der Waals surface area (Å²) in [6.45, 7) is 1.95. The van der Waals surface area contributed by atoms with Gasteiger partial charge in [-0.1, -0.05) is 66.5 Å². The van der Waals surface area contributed by atoms with Crippen LogP contribution in [0.15, 0.2) is 87.8 Å². The highest BCUT2D eigenvalue weighted by molar-refractivity contribution is 7.90. The van der Waals surface area contributed by atoms with E-state index in [0.29, 0.717) is 49.3 Å². The van der Waals surface area contributed by atoms with Crippen molar-refractivity contribution >= 4 is 61.1 Å². The van der Waals surface area contributed by atoms with Crippen LogP contribution >= 0.6 is 23.2 Å². The maximum Gasteiger partial charge on any atom is 0.259 e. The van der Waals surface area contributed by atoms with Gasteiger partial charge in [0.1, 0.15) is 11.3 Å². The topological polar surface area (TPSA) is 162 Å². The van der Waals surface area contributed by atoms with Crippen molar-refractivity contribution in [1.29, 1.82) is 0 Å². The molecule has 1 atom stereocenters. The normalized spacial score (nSPS) is 12.1. The number of fused-ring (bicyclic) bond motifs is 2. The maximum atomic E-state index is 12.8. The van der Waals surface area contributed by atoms with Crippen LogP contribution in [-0.2, 0) is 23.9 Å². The van der Waals surface area contributed by atoms with Crippen molar-refractivity contribution in [3.05, 3.63) is 104 Å². The lowest BCUT2D eigenvalue weighted by atomic mass is 10.1. The molecule has 0 bridgehead atoms. The van der Waals surface area contributed by atoms with Gasteiger partial charge in [-0.05, 0) is 30.7 Å². The molecule has 15 heteroatoms. The highest BCUT2D eigenvalue weighted by Gasteiger charge is 2.17. The van der Waals surface area contributed by atoms with Gasteiger partial charge in [-0.3, -0.25) is 18.7 Å². The monoisotopic (exact) mass is 707 g/mol. The van der Waals surface area contributed by atoms with E-state index in [1.54, 1.807) is 55.7 Å². The smallest absolute Gasteiger partial charge is 0.259 e. The van der Waals surface area contributed by atoms with E-state index in [-0.39, 0.29) is 34.6 Å². The lowest BCUT2D eigenvalue weighted by molar-refractivity contribution is 0.271. The summed E-state index contributed by atoms with van der Waals surface area (Å²) in [7, 11) is -0.348. The van der Waals surface area contributed by atoms with Gasteiger partial charge < -0.3 is 10.4 Å². The lowest BCUT2D eigenvalue weighted by Gasteiger charge is -2.15. The molecule has 2 aromatic carbocycles. The molecule has 0 saturated carbocycles. The number of aliphatic hydroxyl groups is 1. The van der Waals surface area contributed by atoms with Crippen molar-refractivity contribution in [1.82, 2.24) is 29.1 Å². The fourth-order valence-corrected chi connectivity index (χ4v) is 5.90. The number of halogens is 2. The largest absolute Gasteiger partial charge is 0.394 e. The van der Waals surface area contributed by atoms with Crippen LogP contribution < -0.4 is 16.4 Å². The molecule has 248 valence electrons. The first kappa shape index (κ1) is 34.6. The third-order valence-electron chi connectivity index (χ3n) is 7.58. The number of hydrogen-bond donors (Lipinski definition) is 2. The Morgan fingerprint density at radius 2 is 1.27 bits per heavy atom. The molecule has 4 aromatic heterocycles. The number of pyridine rings is 2. The first-order chi connectivity index (χ1) is 22.8. The minimum atomic E-state index is -3.55. The number of nitrogens with zero attached hydrogens (tertiary/aromatic N) is 6. The van der Waals surface area contributed by atoms with Crippen LogP contribution in [0.5, 0.6) is 0 Å². The second-order valence-corrected chi connectivity index (χ2v) is 13.6. The summed E-state index contributed by atoms with van der Waals surface area (Å²) in [4.78, 5) is 41.9. The van der Waals surface area contributed by atoms with E-state index >= 15 is 0 Å². The van der Waals surface area contributed by atoms with Gasteiger partial charge in [0.05, 0.1) is 12.6 Å². The highest BCUT2D eigenvalue weighted by Crippen LogP contribution is 2.28. The van der Waals surface area contributed by atoms with Gasteiger partial charge in [-0.25, -0.2) is 18.4 Å². The Morgan fingerprint density at radius 1 is 0.792 bits per heavy atom. The number of hydrogen-bond acceptors (Lipinski definition) is 10. The number of anilines is 1. The van der Waals surface area contributed by atoms with Crippen LogP contribution in [0.1, 0.15) is 13.3 Å². The SMILES string of the molecule is CCC(CO)Nc1ncc2cc(-c3ccccc3Cl)c(=O)n(C)c2n1.Cn1c(=O)c(-c2ccccc2Cl)cc2cnc(S(C)(=O)=O)nc21. The van der Waals surface area contributed by atoms with Gasteiger partial charge in [0, 0.05) is 75.8 Å². The van der Waals surface area contributed by atoms with Crippen molar-refractivity contribution in [2.75, 3.05) is 18.2 Å². The molecular formula is C33H31Cl2N7O5S. The molecule has 0 fully saturated rings. The zero-order valence-corrected chi connectivity index (χ0v) is 28.7. The van der Waals surface area contributed by atoms with E-state index in [4.69, 9.17) is 23.2 Å². The summed E-state index contributed by atoms with van der Waals surface area (Å²) in [6, 6.07) is 17.5. The third kappa shape index (κ3) is 7.09. The predicted octanol–water partition coefficient (Wildman–Crippen LogP) is 4.88. The lowest BCUT2D eigenvalue weighted by Crippen LogP contribution is -2.25. The second-order valence-electron chi connectivity index (χ2n) is 10.9. The van der Waals surface area contributed by atoms with Crippen LogP contribution in [0.4, 0.5) is 5.95 Å². The minimum Gasteiger partial charge on any atom is -0.394 e. The van der Waals surface area contributed by atoms with E-state index in [2.05, 4.69) is 25.3 Å². The summed E-state index contributed by atoms with van der Waals surface area (Å²) in [6.07, 6.45) is 4.81. The van der Waals surface area contributed by atoms with E-state index in [1.165, 1.54) is 22.4 Å². The Morgan fingerprint density at radius 3 is 1.73 bits per heavy atom. The molecule has 48 heavy (non-hydrogen) atoms. The van der Waals surface area contributed by atoms with E-state index in [9.17, 15) is 23.1 Å². The number of aryl methyl sites for hydroxylation is 2. The molecule has 0 saturated heterocycles. The van der Waals surface area contributed by atoms with Crippen molar-refractivity contribution in [2.24, 2.45) is 14.1 Å². The summed E-state index contributed by atoms with van der Waals surface area (Å²) >= 11 is 12.4. The zero-order valence-electron chi connectivity index (χ0n) is 26.3. The van der Waals surface area contributed by atoms with Gasteiger partial charge in [0.15, 0.2) is 0 Å². The Hall–Kier alpha value is -4.69. The summed E-state index contributed by atoms with van der Waals surface area (Å²) < 4.78 is 25.9. The minimum absolute atomic E-state index is 0.0116. The molecule has 0 amide bonds. The molecule has 0 aliphatic rings. The molecule has 6 rings (SSSR count). The molecule has 4 heterocycles. The van der Waals surface area contributed by atoms with Crippen molar-refractivity contribution < 1.29 is 13.5 Å². The fraction of sp³-hybridized carbons (Fsp3) is 0.212. The van der Waals surface area contributed by atoms with Gasteiger partial charge in [-0.15, -0.1) is 0 Å². The molecule has 1 unspecified atom stereocenters. The number of aliphatic hydroxyl groups excluding tert-OH is 1. The van der Waals surface area contributed by atoms with Gasteiger partial charge in [0.25, 0.3) is 11.1 Å². The Labute approximate surface area is 285 Å². The van der Waals surface area contributed by atoms with Crippen molar-refractivity contribution in [3.63, 3.8) is 0 Å². The van der Waals surface area contributed by atoms with E-state index in [0.717, 1.165) is 18.1 Å². The number of sulfone groups is 1. The van der Waals surface area contributed by atoms with Crippen LogP contribution in [0, 0.1) is 0 Å². The number of nitrogens with one attached hydrogen (secondary N) is 1. The van der Waals surface area contributed by atoms with Gasteiger partial charge in [0.2, 0.25) is 20.9 Å². The Bertz CT molecular complexity index is 2390. The van der Waals surface area contributed by atoms with Crippen molar-refractivity contribution in [3.8, 4) is 22.3 Å². The highest BCUT2D eigenvalue weighted by atomic mass is 35.5. The van der Waals surface area contributed by atoms with Crippen molar-refractivity contribution in [2.45, 2.75) is 24.5 Å². The number of rotatable bonds is 7. The number of aromatic nitrogens is 6. The quantitative estimate of drug-likeness (QED) is 0.219. The molecular weight excluding hydrogens is 677 g/mol. The summed E-state index contributed by atoms with van der Waals surface area (Å²) in [5.74, 6) is 0.383. The van der Waals surface area contributed by atoms with Crippen LogP contribution in [0.3, 0.4) is 0 Å². The molecule has 6 aromatic rings. The first-order valence-electron chi connectivity index (χ1n) is 14.6. The molecule has 0 aliphatic carbocycles. The average Bonchev–Trinajstić information content (AvgIpc) is 3.07. The Balaban J connectivity index is 0.000000188. The fourth-order valence-electron chi connectivity index (χ4n) is 4.93. The molecule has 2 N–H and O–H groups in total. The standard InChI is InChI=1S/C18H19ClN4O2.C15H12ClN3O3S/c1-3-12(10-24)21-18-20-9-11-8-14(13-6-4-5-7-15(13)19)17(25)23(2)16(11)22-18;1-19-13-9(8-17-15(18-13)23(2,21)22)7-11(14(19)20)10-5-3-4-6-12(10)16/h4-9,12,24H,3,10H2,1-2H3,(H,20,21,22);3-8H,1-2H3. The van der Waals surface area contributed by atoms with E-state index in [1.807, 2.05) is 25.1 Å².